The van der Waals surface area contributed by atoms with Crippen LogP contribution in [0.3, 0.4) is 0 Å². The third kappa shape index (κ3) is 13.5. The summed E-state index contributed by atoms with van der Waals surface area (Å²) < 4.78 is 15.5. The van der Waals surface area contributed by atoms with E-state index in [0.29, 0.717) is 0 Å². The van der Waals surface area contributed by atoms with Crippen molar-refractivity contribution in [3.63, 3.8) is 0 Å². The van der Waals surface area contributed by atoms with Gasteiger partial charge in [-0.3, -0.25) is 14.9 Å². The van der Waals surface area contributed by atoms with E-state index in [1.54, 1.807) is 27.7 Å². The van der Waals surface area contributed by atoms with Crippen molar-refractivity contribution in [2.45, 2.75) is 79.6 Å². The first kappa shape index (κ1) is 28.6. The summed E-state index contributed by atoms with van der Waals surface area (Å²) in [4.78, 5) is 48.9. The summed E-state index contributed by atoms with van der Waals surface area (Å²) in [6, 6.07) is -1.14. The highest BCUT2D eigenvalue weighted by Gasteiger charge is 2.30. The minimum absolute atomic E-state index is 0.0429. The lowest BCUT2D eigenvalue weighted by Gasteiger charge is -2.24. The molecule has 0 aromatic heterocycles. The van der Waals surface area contributed by atoms with Gasteiger partial charge in [-0.2, -0.15) is 0 Å². The normalized spacial score (nSPS) is 14.4. The Morgan fingerprint density at radius 3 is 1.77 bits per heavy atom. The molecule has 0 saturated carbocycles. The first-order valence-electron chi connectivity index (χ1n) is 10.5. The van der Waals surface area contributed by atoms with E-state index < -0.39 is 47.7 Å². The maximum Gasteiger partial charge on any atom is 0.409 e. The number of esters is 2. The zero-order valence-corrected chi connectivity index (χ0v) is 19.9. The van der Waals surface area contributed by atoms with Crippen LogP contribution in [0.2, 0.25) is 0 Å². The van der Waals surface area contributed by atoms with Crippen LogP contribution in [0.25, 0.3) is 0 Å². The molecule has 3 atom stereocenters. The monoisotopic (exact) mass is 445 g/mol. The fraction of sp³-hybridized carbons (Fsp3) is 0.810. The number of carbonyl (C=O) groups excluding carboxylic acids is 4. The van der Waals surface area contributed by atoms with E-state index in [-0.39, 0.29) is 31.5 Å². The van der Waals surface area contributed by atoms with Crippen molar-refractivity contribution in [3.8, 4) is 0 Å². The average Bonchev–Trinajstić information content (AvgIpc) is 2.61. The van der Waals surface area contributed by atoms with Gasteiger partial charge in [0.25, 0.3) is 5.91 Å². The van der Waals surface area contributed by atoms with E-state index in [4.69, 9.17) is 19.9 Å². The van der Waals surface area contributed by atoms with E-state index in [1.165, 1.54) is 0 Å². The van der Waals surface area contributed by atoms with Crippen LogP contribution in [-0.4, -0.2) is 55.0 Å². The molecule has 10 nitrogen and oxygen atoms in total. The number of ether oxygens (including phenoxy) is 3. The maximum atomic E-state index is 12.5. The molecule has 31 heavy (non-hydrogen) atoms. The summed E-state index contributed by atoms with van der Waals surface area (Å²) in [5.74, 6) is -2.42. The van der Waals surface area contributed by atoms with Crippen molar-refractivity contribution in [2.24, 2.45) is 23.5 Å². The van der Waals surface area contributed by atoms with Gasteiger partial charge in [-0.1, -0.05) is 34.6 Å². The number of hydrogen-bond acceptors (Lipinski definition) is 8. The van der Waals surface area contributed by atoms with E-state index in [0.717, 1.165) is 0 Å². The second-order valence-electron chi connectivity index (χ2n) is 9.37. The van der Waals surface area contributed by atoms with Crippen molar-refractivity contribution in [3.05, 3.63) is 0 Å². The lowest BCUT2D eigenvalue weighted by molar-refractivity contribution is -0.153. The highest BCUT2D eigenvalue weighted by Crippen LogP contribution is 2.12. The number of alkyl carbamates (subject to hydrolysis) is 1. The summed E-state index contributed by atoms with van der Waals surface area (Å²) in [6.07, 6.45) is -2.38. The van der Waals surface area contributed by atoms with Crippen LogP contribution in [0.15, 0.2) is 0 Å². The van der Waals surface area contributed by atoms with E-state index in [1.807, 2.05) is 27.7 Å². The maximum absolute atomic E-state index is 12.5. The standard InChI is InChI=1S/C21H39N3O7/c1-12(2)10-29-18(26)14(5)9-15(19(27)30-11-13(3)4)23-17(25)16(22)24-20(28)31-21(6,7)8/h12-16H,9-11,22H2,1-8H3,(H,23,25)(H,24,28)/t14?,15-,16+/m0/s1. The summed E-state index contributed by atoms with van der Waals surface area (Å²) in [5, 5.41) is 4.64. The number of hydrogen-bond donors (Lipinski definition) is 3. The van der Waals surface area contributed by atoms with Gasteiger partial charge in [-0.15, -0.1) is 0 Å². The SMILES string of the molecule is CC(C)COC(=O)C(C)C[C@H](NC(=O)[C@H](N)NC(=O)OC(C)(C)C)C(=O)OCC(C)C. The number of carbonyl (C=O) groups is 4. The Labute approximate surface area is 184 Å². The quantitative estimate of drug-likeness (QED) is 0.247. The first-order chi connectivity index (χ1) is 14.1. The molecule has 0 heterocycles. The molecule has 2 amide bonds. The molecule has 0 aromatic carbocycles. The Balaban J connectivity index is 5.11. The van der Waals surface area contributed by atoms with Crippen LogP contribution in [0.1, 0.15) is 61.8 Å². The molecule has 0 aliphatic rings. The molecular weight excluding hydrogens is 406 g/mol. The zero-order chi connectivity index (χ0) is 24.4. The Morgan fingerprint density at radius 2 is 1.32 bits per heavy atom. The molecule has 0 spiro atoms. The Bertz CT molecular complexity index is 615. The molecule has 4 N–H and O–H groups in total. The van der Waals surface area contributed by atoms with Gasteiger partial charge < -0.3 is 25.3 Å². The predicted octanol–water partition coefficient (Wildman–Crippen LogP) is 1.71. The topological polar surface area (TPSA) is 146 Å². The van der Waals surface area contributed by atoms with Crippen molar-refractivity contribution in [2.75, 3.05) is 13.2 Å². The van der Waals surface area contributed by atoms with Gasteiger partial charge in [-0.05, 0) is 39.0 Å². The van der Waals surface area contributed by atoms with Gasteiger partial charge in [0, 0.05) is 0 Å². The predicted molar refractivity (Wildman–Crippen MR) is 115 cm³/mol. The van der Waals surface area contributed by atoms with Crippen LogP contribution < -0.4 is 16.4 Å². The molecule has 0 saturated heterocycles. The van der Waals surface area contributed by atoms with Gasteiger partial charge >= 0.3 is 18.0 Å². The third-order valence-electron chi connectivity index (χ3n) is 3.67. The highest BCUT2D eigenvalue weighted by atomic mass is 16.6. The van der Waals surface area contributed by atoms with Crippen LogP contribution in [0.4, 0.5) is 4.79 Å². The molecule has 0 rings (SSSR count). The van der Waals surface area contributed by atoms with Crippen LogP contribution in [-0.2, 0) is 28.6 Å². The second kappa shape index (κ2) is 13.1. The second-order valence-corrected chi connectivity index (χ2v) is 9.37. The van der Waals surface area contributed by atoms with Crippen molar-refractivity contribution in [1.29, 1.82) is 0 Å². The fourth-order valence-electron chi connectivity index (χ4n) is 2.17. The molecule has 0 bridgehead atoms. The van der Waals surface area contributed by atoms with Crippen LogP contribution in [0.5, 0.6) is 0 Å². The van der Waals surface area contributed by atoms with Gasteiger partial charge in [-0.25, -0.2) is 9.59 Å². The molecule has 0 aliphatic carbocycles. The van der Waals surface area contributed by atoms with E-state index >= 15 is 0 Å². The summed E-state index contributed by atoms with van der Waals surface area (Å²) in [7, 11) is 0. The Hall–Kier alpha value is -2.36. The molecule has 180 valence electrons. The van der Waals surface area contributed by atoms with E-state index in [2.05, 4.69) is 10.6 Å². The molecule has 0 fully saturated rings. The molecule has 0 radical (unpaired) electrons. The first-order valence-corrected chi connectivity index (χ1v) is 10.5. The molecular formula is C21H39N3O7. The Kier molecular flexibility index (Phi) is 12.1. The lowest BCUT2D eigenvalue weighted by Crippen LogP contribution is -2.57. The smallest absolute Gasteiger partial charge is 0.409 e. The van der Waals surface area contributed by atoms with Crippen molar-refractivity contribution >= 4 is 23.9 Å². The number of amides is 2. The van der Waals surface area contributed by atoms with Gasteiger partial charge in [0.05, 0.1) is 19.1 Å². The number of nitrogens with one attached hydrogen (secondary N) is 2. The fourth-order valence-corrected chi connectivity index (χ4v) is 2.17. The third-order valence-corrected chi connectivity index (χ3v) is 3.67. The van der Waals surface area contributed by atoms with Gasteiger partial charge in [0.2, 0.25) is 0 Å². The molecule has 0 aliphatic heterocycles. The summed E-state index contributed by atoms with van der Waals surface area (Å²) in [6.45, 7) is 14.5. The zero-order valence-electron chi connectivity index (χ0n) is 19.9. The van der Waals surface area contributed by atoms with Crippen LogP contribution in [0, 0.1) is 17.8 Å². The lowest BCUT2D eigenvalue weighted by atomic mass is 10.0. The van der Waals surface area contributed by atoms with Crippen molar-refractivity contribution < 1.29 is 33.4 Å². The van der Waals surface area contributed by atoms with E-state index in [9.17, 15) is 19.2 Å². The molecule has 10 heteroatoms. The van der Waals surface area contributed by atoms with Crippen LogP contribution >= 0.6 is 0 Å². The van der Waals surface area contributed by atoms with Gasteiger partial charge in [0.1, 0.15) is 11.6 Å². The largest absolute Gasteiger partial charge is 0.465 e. The number of rotatable bonds is 11. The number of nitrogens with two attached hydrogens (primary N) is 1. The minimum Gasteiger partial charge on any atom is -0.465 e. The van der Waals surface area contributed by atoms with Gasteiger partial charge in [0.15, 0.2) is 6.17 Å². The summed E-state index contributed by atoms with van der Waals surface area (Å²) >= 11 is 0. The average molecular weight is 446 g/mol. The summed E-state index contributed by atoms with van der Waals surface area (Å²) in [5.41, 5.74) is 4.94. The molecule has 1 unspecified atom stereocenters. The minimum atomic E-state index is -1.46. The van der Waals surface area contributed by atoms with Crippen molar-refractivity contribution in [1.82, 2.24) is 10.6 Å². The molecule has 0 aromatic rings. The highest BCUT2D eigenvalue weighted by molar-refractivity contribution is 5.89. The Morgan fingerprint density at radius 1 is 0.839 bits per heavy atom.